The lowest BCUT2D eigenvalue weighted by atomic mass is 10.2. The topological polar surface area (TPSA) is 27.1 Å². The van der Waals surface area contributed by atoms with E-state index in [0.29, 0.717) is 0 Å². The maximum atomic E-state index is 12.5. The molecule has 3 nitrogen and oxygen atoms in total. The van der Waals surface area contributed by atoms with Crippen molar-refractivity contribution in [2.75, 3.05) is 13.3 Å². The van der Waals surface area contributed by atoms with Crippen LogP contribution in [0.15, 0.2) is 0 Å². The van der Waals surface area contributed by atoms with Gasteiger partial charge in [0.25, 0.3) is 0 Å². The summed E-state index contributed by atoms with van der Waals surface area (Å²) >= 11 is 5.41. The molecule has 0 N–H and O–H groups in total. The van der Waals surface area contributed by atoms with Gasteiger partial charge in [-0.3, -0.25) is 0 Å². The summed E-state index contributed by atoms with van der Waals surface area (Å²) in [5, 5.41) is 3.27. The lowest BCUT2D eigenvalue weighted by Gasteiger charge is -2.06. The van der Waals surface area contributed by atoms with Crippen molar-refractivity contribution in [3.05, 3.63) is 11.3 Å². The molecule has 0 bridgehead atoms. The molecule has 1 rings (SSSR count). The van der Waals surface area contributed by atoms with Crippen molar-refractivity contribution in [2.24, 2.45) is 7.05 Å². The molecule has 0 saturated carbocycles. The molecule has 8 heteroatoms. The van der Waals surface area contributed by atoms with E-state index in [1.54, 1.807) is 0 Å². The zero-order valence-electron chi connectivity index (χ0n) is 8.31. The molecule has 92 valence electrons. The zero-order chi connectivity index (χ0) is 12.3. The van der Waals surface area contributed by atoms with Crippen LogP contribution in [0.5, 0.6) is 5.88 Å². The van der Waals surface area contributed by atoms with Crippen molar-refractivity contribution < 1.29 is 22.3 Å². The van der Waals surface area contributed by atoms with Crippen LogP contribution in [-0.2, 0) is 19.1 Å². The van der Waals surface area contributed by atoms with Crippen LogP contribution in [0, 0.1) is 0 Å². The highest BCUT2D eigenvalue weighted by molar-refractivity contribution is 6.17. The predicted molar refractivity (Wildman–Crippen MR) is 49.2 cm³/mol. The minimum Gasteiger partial charge on any atom is -0.475 e. The van der Waals surface area contributed by atoms with Crippen LogP contribution in [0.25, 0.3) is 0 Å². The Hall–Kier alpha value is -0.980. The van der Waals surface area contributed by atoms with E-state index in [1.165, 1.54) is 7.05 Å². The Labute approximate surface area is 93.9 Å². The van der Waals surface area contributed by atoms with Gasteiger partial charge in [0.1, 0.15) is 13.3 Å². The van der Waals surface area contributed by atoms with E-state index < -0.39 is 24.4 Å². The Morgan fingerprint density at radius 3 is 2.50 bits per heavy atom. The van der Waals surface area contributed by atoms with Gasteiger partial charge in [-0.2, -0.15) is 18.3 Å². The average molecular weight is 261 g/mol. The molecule has 0 aliphatic carbocycles. The SMILES string of the molecule is Cn1nc(C(F)(F)F)c(CCl)c1OCCF. The van der Waals surface area contributed by atoms with Gasteiger partial charge in [-0.1, -0.05) is 0 Å². The monoisotopic (exact) mass is 260 g/mol. The third-order valence-corrected chi connectivity index (χ3v) is 2.07. The molecule has 0 saturated heterocycles. The second-order valence-corrected chi connectivity index (χ2v) is 3.19. The first-order valence-corrected chi connectivity index (χ1v) is 4.83. The van der Waals surface area contributed by atoms with Gasteiger partial charge in [0.05, 0.1) is 11.4 Å². The Balaban J connectivity index is 3.13. The molecule has 0 aromatic carbocycles. The summed E-state index contributed by atoms with van der Waals surface area (Å²) in [5.74, 6) is -0.551. The second-order valence-electron chi connectivity index (χ2n) is 2.92. The van der Waals surface area contributed by atoms with Crippen LogP contribution in [0.2, 0.25) is 0 Å². The first kappa shape index (κ1) is 13.1. The van der Waals surface area contributed by atoms with Gasteiger partial charge >= 0.3 is 6.18 Å². The van der Waals surface area contributed by atoms with Gasteiger partial charge in [-0.25, -0.2) is 9.07 Å². The average Bonchev–Trinajstić information content (AvgIpc) is 2.51. The highest BCUT2D eigenvalue weighted by atomic mass is 35.5. The van der Waals surface area contributed by atoms with E-state index in [0.717, 1.165) is 4.68 Å². The largest absolute Gasteiger partial charge is 0.475 e. The minimum atomic E-state index is -4.60. The lowest BCUT2D eigenvalue weighted by molar-refractivity contribution is -0.141. The van der Waals surface area contributed by atoms with Crippen LogP contribution in [0.4, 0.5) is 17.6 Å². The Kier molecular flexibility index (Phi) is 4.01. The number of alkyl halides is 5. The second kappa shape index (κ2) is 4.90. The summed E-state index contributed by atoms with van der Waals surface area (Å²) in [5.41, 5.74) is -1.37. The summed E-state index contributed by atoms with van der Waals surface area (Å²) in [6, 6.07) is 0. The standard InChI is InChI=1S/C8H9ClF4N2O/c1-15-7(16-3-2-10)5(4-9)6(14-15)8(11,12)13/h2-4H2,1H3. The van der Waals surface area contributed by atoms with Gasteiger partial charge in [-0.05, 0) is 0 Å². The van der Waals surface area contributed by atoms with E-state index >= 15 is 0 Å². The summed E-state index contributed by atoms with van der Waals surface area (Å²) in [4.78, 5) is 0. The number of aryl methyl sites for hydroxylation is 1. The molecule has 0 radical (unpaired) electrons. The summed E-state index contributed by atoms with van der Waals surface area (Å²) in [7, 11) is 1.28. The van der Waals surface area contributed by atoms with Gasteiger partial charge in [0.2, 0.25) is 5.88 Å². The Morgan fingerprint density at radius 2 is 2.06 bits per heavy atom. The van der Waals surface area contributed by atoms with Crippen molar-refractivity contribution in [2.45, 2.75) is 12.1 Å². The number of hydrogen-bond acceptors (Lipinski definition) is 2. The fraction of sp³-hybridized carbons (Fsp3) is 0.625. The number of aromatic nitrogens is 2. The predicted octanol–water partition coefficient (Wildman–Crippen LogP) is 2.53. The van der Waals surface area contributed by atoms with Crippen LogP contribution < -0.4 is 4.74 Å². The minimum absolute atomic E-state index is 0.153. The molecule has 1 heterocycles. The van der Waals surface area contributed by atoms with Crippen molar-refractivity contribution in [3.8, 4) is 5.88 Å². The van der Waals surface area contributed by atoms with Gasteiger partial charge < -0.3 is 4.74 Å². The van der Waals surface area contributed by atoms with Gasteiger partial charge in [-0.15, -0.1) is 11.6 Å². The van der Waals surface area contributed by atoms with Crippen LogP contribution in [-0.4, -0.2) is 23.1 Å². The molecule has 0 spiro atoms. The van der Waals surface area contributed by atoms with Crippen LogP contribution in [0.3, 0.4) is 0 Å². The smallest absolute Gasteiger partial charge is 0.435 e. The highest BCUT2D eigenvalue weighted by Crippen LogP contribution is 2.36. The maximum absolute atomic E-state index is 12.5. The molecule has 16 heavy (non-hydrogen) atoms. The summed E-state index contributed by atoms with van der Waals surface area (Å²) in [6.45, 7) is -1.13. The van der Waals surface area contributed by atoms with E-state index in [9.17, 15) is 17.6 Å². The number of ether oxygens (including phenoxy) is 1. The first-order valence-electron chi connectivity index (χ1n) is 4.29. The molecule has 0 fully saturated rings. The number of hydrogen-bond donors (Lipinski definition) is 0. The molecule has 1 aromatic heterocycles. The fourth-order valence-corrected chi connectivity index (χ4v) is 1.46. The van der Waals surface area contributed by atoms with Crippen molar-refractivity contribution in [1.29, 1.82) is 0 Å². The lowest BCUT2D eigenvalue weighted by Crippen LogP contribution is -2.09. The van der Waals surface area contributed by atoms with Crippen LogP contribution in [0.1, 0.15) is 11.3 Å². The molecule has 0 amide bonds. The van der Waals surface area contributed by atoms with E-state index in [-0.39, 0.29) is 18.1 Å². The zero-order valence-corrected chi connectivity index (χ0v) is 9.07. The molecular weight excluding hydrogens is 252 g/mol. The molecule has 0 aliphatic rings. The third-order valence-electron chi connectivity index (χ3n) is 1.81. The third kappa shape index (κ3) is 2.58. The first-order chi connectivity index (χ1) is 7.41. The highest BCUT2D eigenvalue weighted by Gasteiger charge is 2.39. The van der Waals surface area contributed by atoms with E-state index in [4.69, 9.17) is 16.3 Å². The fourth-order valence-electron chi connectivity index (χ4n) is 1.22. The molecule has 0 atom stereocenters. The molecule has 0 aliphatic heterocycles. The van der Waals surface area contributed by atoms with Crippen molar-refractivity contribution in [3.63, 3.8) is 0 Å². The maximum Gasteiger partial charge on any atom is 0.435 e. The number of nitrogens with zero attached hydrogens (tertiary/aromatic N) is 2. The summed E-state index contributed by atoms with van der Waals surface area (Å²) in [6.07, 6.45) is -4.60. The molecule has 1 aromatic rings. The quantitative estimate of drug-likeness (QED) is 0.614. The van der Waals surface area contributed by atoms with Crippen molar-refractivity contribution in [1.82, 2.24) is 9.78 Å². The molecule has 0 unspecified atom stereocenters. The number of rotatable bonds is 4. The van der Waals surface area contributed by atoms with Gasteiger partial charge in [0, 0.05) is 7.05 Å². The number of halogens is 5. The van der Waals surface area contributed by atoms with E-state index in [1.807, 2.05) is 0 Å². The Morgan fingerprint density at radius 1 is 1.44 bits per heavy atom. The van der Waals surface area contributed by atoms with Crippen molar-refractivity contribution >= 4 is 11.6 Å². The normalized spacial score (nSPS) is 11.9. The van der Waals surface area contributed by atoms with Gasteiger partial charge in [0.15, 0.2) is 5.69 Å². The summed E-state index contributed by atoms with van der Waals surface area (Å²) < 4.78 is 55.1. The van der Waals surface area contributed by atoms with Crippen LogP contribution >= 0.6 is 11.6 Å². The molecular formula is C8H9ClF4N2O. The van der Waals surface area contributed by atoms with E-state index in [2.05, 4.69) is 5.10 Å². The Bertz CT molecular complexity index is 364.